The molecular weight excluding hydrogens is 734 g/mol. The molecule has 0 aromatic heterocycles. The number of thiol groups is 1. The molecule has 0 aliphatic rings. The maximum absolute atomic E-state index is 13.5. The number of hydrogen-bond acceptors (Lipinski definition) is 13. The van der Waals surface area contributed by atoms with Crippen molar-refractivity contribution in [3.63, 3.8) is 0 Å². The van der Waals surface area contributed by atoms with Gasteiger partial charge in [-0.05, 0) is 39.5 Å². The van der Waals surface area contributed by atoms with E-state index in [1.165, 1.54) is 27.8 Å². The third kappa shape index (κ3) is 17.1. The Morgan fingerprint density at radius 2 is 1.11 bits per heavy atom. The van der Waals surface area contributed by atoms with Crippen LogP contribution in [0.2, 0.25) is 0 Å². The topological polar surface area (TPSA) is 337 Å². The molecule has 308 valence electrons. The molecular formula is C32H57N9O12S. The molecule has 0 saturated carbocycles. The van der Waals surface area contributed by atoms with Crippen LogP contribution in [0, 0.1) is 5.92 Å². The van der Waals surface area contributed by atoms with Crippen LogP contribution in [0.3, 0.4) is 0 Å². The van der Waals surface area contributed by atoms with Gasteiger partial charge in [-0.2, -0.15) is 12.6 Å². The summed E-state index contributed by atoms with van der Waals surface area (Å²) in [6, 6.07) is -9.60. The molecule has 0 rings (SSSR count). The normalized spacial score (nSPS) is 16.5. The number of carbonyl (C=O) groups excluding carboxylic acids is 8. The predicted molar refractivity (Wildman–Crippen MR) is 196 cm³/mol. The van der Waals surface area contributed by atoms with Gasteiger partial charge in [0.05, 0.1) is 24.8 Å². The molecule has 0 aromatic rings. The highest BCUT2D eigenvalue weighted by molar-refractivity contribution is 7.80. The van der Waals surface area contributed by atoms with Crippen LogP contribution in [0.5, 0.6) is 0 Å². The number of aliphatic carboxylic acids is 1. The van der Waals surface area contributed by atoms with Gasteiger partial charge in [0, 0.05) is 19.2 Å². The van der Waals surface area contributed by atoms with E-state index in [-0.39, 0.29) is 5.75 Å². The van der Waals surface area contributed by atoms with E-state index in [0.717, 1.165) is 0 Å². The highest BCUT2D eigenvalue weighted by Gasteiger charge is 2.36. The van der Waals surface area contributed by atoms with Gasteiger partial charge in [-0.15, -0.1) is 0 Å². The summed E-state index contributed by atoms with van der Waals surface area (Å²) in [5.41, 5.74) is 5.68. The van der Waals surface area contributed by atoms with Gasteiger partial charge in [-0.25, -0.2) is 0 Å². The van der Waals surface area contributed by atoms with Gasteiger partial charge in [0.15, 0.2) is 0 Å². The number of aliphatic hydroxyl groups is 2. The van der Waals surface area contributed by atoms with Crippen molar-refractivity contribution in [2.45, 2.75) is 122 Å². The number of carbonyl (C=O) groups is 9. The number of likely N-dealkylation sites (N-methyl/N-ethyl adjacent to an activating group) is 1. The highest BCUT2D eigenvalue weighted by atomic mass is 32.1. The largest absolute Gasteiger partial charge is 0.481 e. The molecule has 0 saturated heterocycles. The van der Waals surface area contributed by atoms with E-state index in [1.807, 2.05) is 0 Å². The fourth-order valence-corrected chi connectivity index (χ4v) is 4.75. The lowest BCUT2D eigenvalue weighted by atomic mass is 9.97. The minimum absolute atomic E-state index is 0.292. The minimum atomic E-state index is -1.70. The molecule has 0 aromatic carbocycles. The molecule has 0 heterocycles. The number of aliphatic hydroxyl groups excluding tert-OH is 2. The van der Waals surface area contributed by atoms with Crippen LogP contribution in [0.1, 0.15) is 67.2 Å². The number of carboxylic acid groups (broad SMARTS) is 1. The number of nitrogens with two attached hydrogens (primary N) is 1. The standard InChI is InChI=1S/C32H57N9O12S/c1-8-14(3)23(31(52)41-25(17(6)43)32(53)40-24(16(5)42)30(51)35-12-21(44)34-7)39-29(50)20(13-54)38-28(49)19(10-11-22(45)46)37-26(47)15(4)36-27(48)18(33)9-2/h14-20,23-25,42-43,54H,8-13,33H2,1-7H3,(H,34,44)(H,35,51)(H,36,48)(H,37,47)(H,38,49)(H,39,50)(H,40,53)(H,41,52)(H,45,46)/t14?,15-,16?,17?,18-,19-,20-,23-,24-,25-/m0/s1. The Kier molecular flexibility index (Phi) is 22.6. The van der Waals surface area contributed by atoms with E-state index in [1.54, 1.807) is 20.8 Å². The molecule has 0 bridgehead atoms. The van der Waals surface area contributed by atoms with E-state index in [2.05, 4.69) is 55.2 Å². The zero-order chi connectivity index (χ0) is 41.9. The van der Waals surface area contributed by atoms with Crippen LogP contribution in [-0.4, -0.2) is 142 Å². The summed E-state index contributed by atoms with van der Waals surface area (Å²) < 4.78 is 0. The van der Waals surface area contributed by atoms with Crippen LogP contribution < -0.4 is 48.3 Å². The SMILES string of the molecule is CCC(C)[C@H](NC(=O)[C@H](CS)NC(=O)[C@H](CCC(=O)O)NC(=O)[C@H](C)NC(=O)[C@@H](N)CC)C(=O)N[C@H](C(=O)N[C@H](C(=O)NCC(=O)NC)C(C)O)C(C)O. The quantitative estimate of drug-likeness (QED) is 0.0409. The van der Waals surface area contributed by atoms with Crippen molar-refractivity contribution in [2.24, 2.45) is 11.7 Å². The molecule has 13 N–H and O–H groups in total. The Hall–Kier alpha value is -4.54. The molecule has 21 nitrogen and oxygen atoms in total. The van der Waals surface area contributed by atoms with Crippen molar-refractivity contribution in [2.75, 3.05) is 19.3 Å². The molecule has 0 aliphatic carbocycles. The minimum Gasteiger partial charge on any atom is -0.481 e. The van der Waals surface area contributed by atoms with E-state index >= 15 is 0 Å². The monoisotopic (exact) mass is 791 g/mol. The van der Waals surface area contributed by atoms with Crippen molar-refractivity contribution in [1.82, 2.24) is 42.5 Å². The van der Waals surface area contributed by atoms with Gasteiger partial charge >= 0.3 is 5.97 Å². The van der Waals surface area contributed by atoms with Crippen molar-refractivity contribution in [1.29, 1.82) is 0 Å². The van der Waals surface area contributed by atoms with Crippen molar-refractivity contribution >= 4 is 65.9 Å². The molecule has 0 fully saturated rings. The Morgan fingerprint density at radius 1 is 0.630 bits per heavy atom. The summed E-state index contributed by atoms with van der Waals surface area (Å²) in [5.74, 6) is -9.04. The van der Waals surface area contributed by atoms with Crippen molar-refractivity contribution in [3.8, 4) is 0 Å². The van der Waals surface area contributed by atoms with Crippen LogP contribution in [0.15, 0.2) is 0 Å². The van der Waals surface area contributed by atoms with E-state index in [0.29, 0.717) is 12.8 Å². The fraction of sp³-hybridized carbons (Fsp3) is 0.719. The molecule has 22 heteroatoms. The number of hydrogen-bond donors (Lipinski definition) is 13. The average Bonchev–Trinajstić information content (AvgIpc) is 3.12. The zero-order valence-electron chi connectivity index (χ0n) is 31.6. The van der Waals surface area contributed by atoms with Crippen LogP contribution in [0.4, 0.5) is 0 Å². The van der Waals surface area contributed by atoms with E-state index in [4.69, 9.17) is 5.73 Å². The number of amides is 8. The first-order chi connectivity index (χ1) is 25.1. The van der Waals surface area contributed by atoms with Crippen LogP contribution in [-0.2, 0) is 43.2 Å². The summed E-state index contributed by atoms with van der Waals surface area (Å²) in [5, 5.41) is 48.4. The summed E-state index contributed by atoms with van der Waals surface area (Å²) >= 11 is 4.13. The smallest absolute Gasteiger partial charge is 0.303 e. The average molecular weight is 792 g/mol. The molecule has 54 heavy (non-hydrogen) atoms. The number of carboxylic acids is 1. The second kappa shape index (κ2) is 24.7. The molecule has 8 amide bonds. The third-order valence-electron chi connectivity index (χ3n) is 8.24. The second-order valence-corrected chi connectivity index (χ2v) is 13.1. The van der Waals surface area contributed by atoms with Crippen molar-refractivity contribution < 1.29 is 58.5 Å². The molecule has 0 spiro atoms. The lowest BCUT2D eigenvalue weighted by molar-refractivity contribution is -0.139. The summed E-state index contributed by atoms with van der Waals surface area (Å²) in [4.78, 5) is 114. The number of rotatable bonds is 24. The molecule has 0 aliphatic heterocycles. The Morgan fingerprint density at radius 3 is 1.57 bits per heavy atom. The lowest BCUT2D eigenvalue weighted by Gasteiger charge is -2.30. The van der Waals surface area contributed by atoms with E-state index in [9.17, 15) is 58.5 Å². The molecule has 3 unspecified atom stereocenters. The maximum atomic E-state index is 13.5. The van der Waals surface area contributed by atoms with Gasteiger partial charge in [0.1, 0.15) is 36.3 Å². The Labute approximate surface area is 319 Å². The summed E-state index contributed by atoms with van der Waals surface area (Å²) in [6.07, 6.45) is -3.35. The van der Waals surface area contributed by atoms with Gasteiger partial charge < -0.3 is 63.6 Å². The van der Waals surface area contributed by atoms with Gasteiger partial charge in [-0.3, -0.25) is 43.2 Å². The van der Waals surface area contributed by atoms with Crippen molar-refractivity contribution in [3.05, 3.63) is 0 Å². The van der Waals surface area contributed by atoms with Gasteiger partial charge in [0.25, 0.3) is 0 Å². The lowest BCUT2D eigenvalue weighted by Crippen LogP contribution is -2.63. The fourth-order valence-electron chi connectivity index (χ4n) is 4.49. The Bertz CT molecular complexity index is 1340. The van der Waals surface area contributed by atoms with Gasteiger partial charge in [0.2, 0.25) is 47.3 Å². The summed E-state index contributed by atoms with van der Waals surface area (Å²) in [6.45, 7) is 8.20. The zero-order valence-corrected chi connectivity index (χ0v) is 32.5. The van der Waals surface area contributed by atoms with Crippen LogP contribution >= 0.6 is 12.6 Å². The molecule has 10 atom stereocenters. The second-order valence-electron chi connectivity index (χ2n) is 12.7. The first-order valence-electron chi connectivity index (χ1n) is 17.4. The van der Waals surface area contributed by atoms with Gasteiger partial charge in [-0.1, -0.05) is 27.2 Å². The third-order valence-corrected chi connectivity index (χ3v) is 8.61. The Balaban J connectivity index is 6.01. The molecule has 0 radical (unpaired) electrons. The predicted octanol–water partition coefficient (Wildman–Crippen LogP) is -4.88. The summed E-state index contributed by atoms with van der Waals surface area (Å²) in [7, 11) is 1.34. The number of nitrogens with one attached hydrogen (secondary N) is 8. The first-order valence-corrected chi connectivity index (χ1v) is 18.0. The van der Waals surface area contributed by atoms with Crippen LogP contribution in [0.25, 0.3) is 0 Å². The maximum Gasteiger partial charge on any atom is 0.303 e. The highest BCUT2D eigenvalue weighted by Crippen LogP contribution is 2.11. The first kappa shape index (κ1) is 49.5. The van der Waals surface area contributed by atoms with E-state index < -0.39 is 133 Å².